The van der Waals surface area contributed by atoms with Crippen LogP contribution in [0.4, 0.5) is 0 Å². The fraction of sp³-hybridized carbons (Fsp3) is 0.300. The van der Waals surface area contributed by atoms with Crippen LogP contribution in [0.25, 0.3) is 0 Å². The first kappa shape index (κ1) is 14.0. The third kappa shape index (κ3) is 3.72. The van der Waals surface area contributed by atoms with Crippen molar-refractivity contribution < 1.29 is 18.3 Å². The first-order chi connectivity index (χ1) is 7.86. The summed E-state index contributed by atoms with van der Waals surface area (Å²) in [4.78, 5) is 10.8. The summed E-state index contributed by atoms with van der Waals surface area (Å²) in [5.74, 6) is -1.36. The Labute approximate surface area is 105 Å². The fourth-order valence-electron chi connectivity index (χ4n) is 1.14. The summed E-state index contributed by atoms with van der Waals surface area (Å²) in [6.45, 7) is 1.83. The third-order valence-corrected chi connectivity index (χ3v) is 3.96. The molecule has 0 aliphatic carbocycles. The Balaban J connectivity index is 2.96. The topological polar surface area (TPSA) is 83.5 Å². The molecule has 0 fully saturated rings. The number of carboxylic acids is 1. The summed E-state index contributed by atoms with van der Waals surface area (Å²) in [5.41, 5.74) is 0.924. The Morgan fingerprint density at radius 1 is 1.41 bits per heavy atom. The molecule has 0 saturated carbocycles. The molecule has 0 heterocycles. The molecule has 0 amide bonds. The molecule has 1 rings (SSSR count). The molecule has 17 heavy (non-hydrogen) atoms. The lowest BCUT2D eigenvalue weighted by Gasteiger charge is -2.12. The van der Waals surface area contributed by atoms with Gasteiger partial charge in [-0.05, 0) is 19.1 Å². The van der Waals surface area contributed by atoms with Crippen molar-refractivity contribution in [2.45, 2.75) is 17.9 Å². The minimum atomic E-state index is -3.81. The van der Waals surface area contributed by atoms with Crippen molar-refractivity contribution in [1.82, 2.24) is 4.72 Å². The summed E-state index contributed by atoms with van der Waals surface area (Å²) < 4.78 is 25.7. The van der Waals surface area contributed by atoms with Crippen LogP contribution in [0.15, 0.2) is 29.2 Å². The number of rotatable bonds is 5. The van der Waals surface area contributed by atoms with Crippen LogP contribution >= 0.6 is 12.6 Å². The van der Waals surface area contributed by atoms with Gasteiger partial charge in [-0.3, -0.25) is 4.79 Å². The quantitative estimate of drug-likeness (QED) is 0.689. The second-order valence-corrected chi connectivity index (χ2v) is 5.59. The second kappa shape index (κ2) is 5.52. The Bertz CT molecular complexity index is 496. The number of carbonyl (C=O) groups is 1. The van der Waals surface area contributed by atoms with Gasteiger partial charge in [0.1, 0.15) is 6.04 Å². The highest BCUT2D eigenvalue weighted by Gasteiger charge is 2.23. The zero-order valence-corrected chi connectivity index (χ0v) is 10.8. The molecule has 94 valence electrons. The minimum Gasteiger partial charge on any atom is -0.480 e. The molecule has 1 aromatic rings. The van der Waals surface area contributed by atoms with Gasteiger partial charge in [-0.15, -0.1) is 0 Å². The van der Waals surface area contributed by atoms with Gasteiger partial charge in [0.2, 0.25) is 10.0 Å². The molecule has 5 nitrogen and oxygen atoms in total. The highest BCUT2D eigenvalue weighted by atomic mass is 32.2. The smallest absolute Gasteiger partial charge is 0.322 e. The van der Waals surface area contributed by atoms with Gasteiger partial charge in [0.25, 0.3) is 0 Å². The molecule has 1 atom stereocenters. The minimum absolute atomic E-state index is 0.0381. The number of sulfonamides is 1. The maximum absolute atomic E-state index is 11.8. The zero-order chi connectivity index (χ0) is 13.1. The Morgan fingerprint density at radius 2 is 1.94 bits per heavy atom. The summed E-state index contributed by atoms with van der Waals surface area (Å²) >= 11 is 3.79. The number of hydrogen-bond donors (Lipinski definition) is 3. The van der Waals surface area contributed by atoms with E-state index < -0.39 is 22.0 Å². The van der Waals surface area contributed by atoms with E-state index in [1.165, 1.54) is 12.1 Å². The van der Waals surface area contributed by atoms with E-state index in [0.717, 1.165) is 5.56 Å². The molecule has 0 aromatic heterocycles. The SMILES string of the molecule is Cc1ccc(S(=O)(=O)NC(CS)C(=O)O)cc1. The molecule has 1 unspecified atom stereocenters. The van der Waals surface area contributed by atoms with E-state index in [9.17, 15) is 13.2 Å². The number of thiol groups is 1. The average molecular weight is 275 g/mol. The van der Waals surface area contributed by atoms with Crippen molar-refractivity contribution in [3.63, 3.8) is 0 Å². The molecule has 0 aliphatic heterocycles. The van der Waals surface area contributed by atoms with Crippen LogP contribution in [0.5, 0.6) is 0 Å². The number of benzene rings is 1. The highest BCUT2D eigenvalue weighted by Crippen LogP contribution is 2.10. The first-order valence-electron chi connectivity index (χ1n) is 4.79. The molecular weight excluding hydrogens is 262 g/mol. The lowest BCUT2D eigenvalue weighted by Crippen LogP contribution is -2.42. The number of carboxylic acid groups (broad SMARTS) is 1. The molecule has 2 N–H and O–H groups in total. The fourth-order valence-corrected chi connectivity index (χ4v) is 2.70. The van der Waals surface area contributed by atoms with Crippen LogP contribution in [0.1, 0.15) is 5.56 Å². The van der Waals surface area contributed by atoms with Crippen LogP contribution in [0, 0.1) is 6.92 Å². The first-order valence-corrected chi connectivity index (χ1v) is 6.91. The third-order valence-electron chi connectivity index (χ3n) is 2.11. The van der Waals surface area contributed by atoms with Gasteiger partial charge in [-0.1, -0.05) is 17.7 Å². The Morgan fingerprint density at radius 3 is 2.35 bits per heavy atom. The zero-order valence-electron chi connectivity index (χ0n) is 9.12. The van der Waals surface area contributed by atoms with Crippen molar-refractivity contribution in [2.24, 2.45) is 0 Å². The lowest BCUT2D eigenvalue weighted by atomic mass is 10.2. The van der Waals surface area contributed by atoms with Gasteiger partial charge in [-0.2, -0.15) is 17.4 Å². The molecule has 0 bridgehead atoms. The number of hydrogen-bond acceptors (Lipinski definition) is 4. The van der Waals surface area contributed by atoms with E-state index in [1.807, 2.05) is 6.92 Å². The molecule has 0 radical (unpaired) electrons. The van der Waals surface area contributed by atoms with Gasteiger partial charge < -0.3 is 5.11 Å². The Kier molecular flexibility index (Phi) is 4.55. The van der Waals surface area contributed by atoms with E-state index in [-0.39, 0.29) is 10.6 Å². The van der Waals surface area contributed by atoms with Gasteiger partial charge in [0, 0.05) is 5.75 Å². The molecular formula is C10H13NO4S2. The van der Waals surface area contributed by atoms with Crippen LogP contribution in [-0.2, 0) is 14.8 Å². The standard InChI is InChI=1S/C10H13NO4S2/c1-7-2-4-8(5-3-7)17(14,15)11-9(6-16)10(12)13/h2-5,9,11,16H,6H2,1H3,(H,12,13). The lowest BCUT2D eigenvalue weighted by molar-refractivity contribution is -0.138. The predicted octanol–water partition coefficient (Wildman–Crippen LogP) is 0.656. The molecule has 1 aromatic carbocycles. The second-order valence-electron chi connectivity index (χ2n) is 3.51. The van der Waals surface area contributed by atoms with Gasteiger partial charge in [0.05, 0.1) is 4.90 Å². The summed E-state index contributed by atoms with van der Waals surface area (Å²) in [6, 6.07) is 4.91. The van der Waals surface area contributed by atoms with Crippen molar-refractivity contribution in [3.8, 4) is 0 Å². The predicted molar refractivity (Wildman–Crippen MR) is 66.8 cm³/mol. The van der Waals surface area contributed by atoms with Gasteiger partial charge in [0.15, 0.2) is 0 Å². The maximum Gasteiger partial charge on any atom is 0.322 e. The van der Waals surface area contributed by atoms with Gasteiger partial charge in [-0.25, -0.2) is 8.42 Å². The molecule has 0 saturated heterocycles. The number of nitrogens with one attached hydrogen (secondary N) is 1. The van der Waals surface area contributed by atoms with Crippen molar-refractivity contribution in [3.05, 3.63) is 29.8 Å². The van der Waals surface area contributed by atoms with E-state index in [1.54, 1.807) is 12.1 Å². The van der Waals surface area contributed by atoms with E-state index in [0.29, 0.717) is 0 Å². The van der Waals surface area contributed by atoms with E-state index >= 15 is 0 Å². The molecule has 0 aliphatic rings. The normalized spacial score (nSPS) is 13.3. The maximum atomic E-state index is 11.8. The van der Waals surface area contributed by atoms with Crippen LogP contribution in [0.2, 0.25) is 0 Å². The van der Waals surface area contributed by atoms with Crippen molar-refractivity contribution in [2.75, 3.05) is 5.75 Å². The summed E-state index contributed by atoms with van der Waals surface area (Å²) in [7, 11) is -3.81. The van der Waals surface area contributed by atoms with Crippen LogP contribution in [-0.4, -0.2) is 31.3 Å². The van der Waals surface area contributed by atoms with E-state index in [2.05, 4.69) is 17.4 Å². The molecule has 0 spiro atoms. The average Bonchev–Trinajstić information content (AvgIpc) is 2.26. The van der Waals surface area contributed by atoms with Crippen LogP contribution in [0.3, 0.4) is 0 Å². The number of aryl methyl sites for hydroxylation is 1. The van der Waals surface area contributed by atoms with Crippen molar-refractivity contribution in [1.29, 1.82) is 0 Å². The monoisotopic (exact) mass is 275 g/mol. The molecule has 7 heteroatoms. The van der Waals surface area contributed by atoms with E-state index in [4.69, 9.17) is 5.11 Å². The van der Waals surface area contributed by atoms with Crippen molar-refractivity contribution >= 4 is 28.6 Å². The summed E-state index contributed by atoms with van der Waals surface area (Å²) in [5, 5.41) is 8.75. The largest absolute Gasteiger partial charge is 0.480 e. The highest BCUT2D eigenvalue weighted by molar-refractivity contribution is 7.89. The summed E-state index contributed by atoms with van der Waals surface area (Å²) in [6.07, 6.45) is 0. The van der Waals surface area contributed by atoms with Crippen LogP contribution < -0.4 is 4.72 Å². The van der Waals surface area contributed by atoms with Gasteiger partial charge >= 0.3 is 5.97 Å². The number of aliphatic carboxylic acids is 1. The Hall–Kier alpha value is -1.05.